The van der Waals surface area contributed by atoms with Gasteiger partial charge in [0.1, 0.15) is 10.6 Å². The zero-order valence-corrected chi connectivity index (χ0v) is 16.3. The van der Waals surface area contributed by atoms with Gasteiger partial charge in [-0.2, -0.15) is 0 Å². The molecule has 3 aromatic heterocycles. The van der Waals surface area contributed by atoms with Gasteiger partial charge < -0.3 is 4.74 Å². The number of hydrogen-bond donors (Lipinski definition) is 0. The normalized spacial score (nSPS) is 10.9. The van der Waals surface area contributed by atoms with Crippen LogP contribution in [0.3, 0.4) is 0 Å². The van der Waals surface area contributed by atoms with E-state index in [0.29, 0.717) is 22.2 Å². The van der Waals surface area contributed by atoms with Crippen molar-refractivity contribution in [3.8, 4) is 5.75 Å². The van der Waals surface area contributed by atoms with E-state index in [-0.39, 0.29) is 5.91 Å². The van der Waals surface area contributed by atoms with Gasteiger partial charge in [-0.15, -0.1) is 5.10 Å². The maximum atomic E-state index is 13.2. The van der Waals surface area contributed by atoms with Gasteiger partial charge in [-0.05, 0) is 48.8 Å². The Morgan fingerprint density at radius 2 is 2.15 bits per heavy atom. The number of benzene rings is 1. The largest absolute Gasteiger partial charge is 0.497 e. The smallest absolute Gasteiger partial charge is 0.274 e. The van der Waals surface area contributed by atoms with Gasteiger partial charge in [0.05, 0.1) is 35.3 Å². The fraction of sp³-hybridized carbons (Fsp3) is 0.167. The SMILES string of the molecule is COc1ccc2nc(N(Cc3ccccn3)C(=O)c3snnc3C)sc2c1. The van der Waals surface area contributed by atoms with Crippen molar-refractivity contribution in [1.29, 1.82) is 0 Å². The average Bonchev–Trinajstić information content (AvgIpc) is 3.31. The Morgan fingerprint density at radius 3 is 2.85 bits per heavy atom. The predicted octanol–water partition coefficient (Wildman–Crippen LogP) is 3.71. The van der Waals surface area contributed by atoms with Crippen molar-refractivity contribution in [3.05, 3.63) is 58.9 Å². The van der Waals surface area contributed by atoms with Crippen LogP contribution in [-0.4, -0.2) is 32.6 Å². The maximum Gasteiger partial charge on any atom is 0.274 e. The highest BCUT2D eigenvalue weighted by Crippen LogP contribution is 2.33. The van der Waals surface area contributed by atoms with Gasteiger partial charge in [0, 0.05) is 6.20 Å². The van der Waals surface area contributed by atoms with Crippen molar-refractivity contribution in [2.45, 2.75) is 13.5 Å². The third-order valence-corrected chi connectivity index (χ3v) is 5.81. The molecule has 0 N–H and O–H groups in total. The van der Waals surface area contributed by atoms with Gasteiger partial charge >= 0.3 is 0 Å². The van der Waals surface area contributed by atoms with Crippen LogP contribution in [0.4, 0.5) is 5.13 Å². The maximum absolute atomic E-state index is 13.2. The van der Waals surface area contributed by atoms with Crippen LogP contribution in [0.15, 0.2) is 42.6 Å². The number of carbonyl (C=O) groups is 1. The van der Waals surface area contributed by atoms with E-state index >= 15 is 0 Å². The molecule has 136 valence electrons. The van der Waals surface area contributed by atoms with Crippen molar-refractivity contribution < 1.29 is 9.53 Å². The molecule has 0 aliphatic rings. The van der Waals surface area contributed by atoms with Crippen molar-refractivity contribution in [2.75, 3.05) is 12.0 Å². The van der Waals surface area contributed by atoms with E-state index in [2.05, 4.69) is 19.6 Å². The molecule has 0 atom stereocenters. The summed E-state index contributed by atoms with van der Waals surface area (Å²) < 4.78 is 10.1. The number of methoxy groups -OCH3 is 1. The number of thiazole rings is 1. The monoisotopic (exact) mass is 397 g/mol. The first-order valence-corrected chi connectivity index (χ1v) is 9.70. The first kappa shape index (κ1) is 17.5. The minimum Gasteiger partial charge on any atom is -0.497 e. The zero-order valence-electron chi connectivity index (χ0n) is 14.6. The number of nitrogens with zero attached hydrogens (tertiary/aromatic N) is 5. The van der Waals surface area contributed by atoms with Gasteiger partial charge in [0.2, 0.25) is 0 Å². The Hall–Kier alpha value is -2.91. The van der Waals surface area contributed by atoms with E-state index in [4.69, 9.17) is 4.74 Å². The fourth-order valence-corrected chi connectivity index (χ4v) is 4.16. The number of anilines is 1. The molecule has 0 fully saturated rings. The van der Waals surface area contributed by atoms with E-state index in [1.165, 1.54) is 11.3 Å². The summed E-state index contributed by atoms with van der Waals surface area (Å²) >= 11 is 2.52. The summed E-state index contributed by atoms with van der Waals surface area (Å²) in [6.45, 7) is 2.09. The number of aromatic nitrogens is 4. The predicted molar refractivity (Wildman–Crippen MR) is 106 cm³/mol. The Morgan fingerprint density at radius 1 is 1.26 bits per heavy atom. The highest BCUT2D eigenvalue weighted by molar-refractivity contribution is 7.22. The Labute approximate surface area is 163 Å². The molecular formula is C18H15N5O2S2. The molecule has 0 aliphatic carbocycles. The number of amides is 1. The standard InChI is InChI=1S/C18H15N5O2S2/c1-11-16(27-22-21-11)17(24)23(10-12-5-3-4-8-19-12)18-20-14-7-6-13(25-2)9-15(14)26-18/h3-9H,10H2,1-2H3. The second-order valence-corrected chi connectivity index (χ2v) is 7.49. The highest BCUT2D eigenvalue weighted by Gasteiger charge is 2.25. The molecule has 9 heteroatoms. The average molecular weight is 397 g/mol. The van der Waals surface area contributed by atoms with Crippen LogP contribution in [0.25, 0.3) is 10.2 Å². The Balaban J connectivity index is 1.77. The molecule has 0 spiro atoms. The van der Waals surface area contributed by atoms with Crippen molar-refractivity contribution in [1.82, 2.24) is 19.6 Å². The molecule has 4 aromatic rings. The van der Waals surface area contributed by atoms with E-state index < -0.39 is 0 Å². The van der Waals surface area contributed by atoms with Crippen LogP contribution in [0.2, 0.25) is 0 Å². The van der Waals surface area contributed by atoms with E-state index in [0.717, 1.165) is 33.2 Å². The topological polar surface area (TPSA) is 81.1 Å². The summed E-state index contributed by atoms with van der Waals surface area (Å²) in [7, 11) is 1.62. The molecule has 0 bridgehead atoms. The number of aryl methyl sites for hydroxylation is 1. The number of carbonyl (C=O) groups excluding carboxylic acids is 1. The van der Waals surface area contributed by atoms with Crippen LogP contribution in [0.5, 0.6) is 5.75 Å². The molecule has 0 radical (unpaired) electrons. The summed E-state index contributed by atoms with van der Waals surface area (Å²) in [6.07, 6.45) is 1.71. The number of fused-ring (bicyclic) bond motifs is 1. The minimum atomic E-state index is -0.181. The van der Waals surface area contributed by atoms with Crippen LogP contribution < -0.4 is 9.64 Å². The lowest BCUT2D eigenvalue weighted by molar-refractivity contribution is 0.0988. The van der Waals surface area contributed by atoms with E-state index in [1.807, 2.05) is 36.4 Å². The third kappa shape index (κ3) is 3.51. The molecule has 0 saturated carbocycles. The molecule has 3 heterocycles. The molecule has 1 aromatic carbocycles. The molecule has 27 heavy (non-hydrogen) atoms. The molecule has 7 nitrogen and oxygen atoms in total. The van der Waals surface area contributed by atoms with E-state index in [1.54, 1.807) is 25.1 Å². The summed E-state index contributed by atoms with van der Waals surface area (Å²) in [5, 5.41) is 4.56. The Kier molecular flexibility index (Phi) is 4.78. The quantitative estimate of drug-likeness (QED) is 0.511. The van der Waals surface area contributed by atoms with E-state index in [9.17, 15) is 4.79 Å². The molecule has 0 unspecified atom stereocenters. The third-order valence-electron chi connectivity index (χ3n) is 3.95. The van der Waals surface area contributed by atoms with Crippen LogP contribution in [0.1, 0.15) is 21.1 Å². The van der Waals surface area contributed by atoms with Crippen molar-refractivity contribution in [2.24, 2.45) is 0 Å². The minimum absolute atomic E-state index is 0.181. The van der Waals surface area contributed by atoms with Gasteiger partial charge in [-0.25, -0.2) is 4.98 Å². The lowest BCUT2D eigenvalue weighted by Gasteiger charge is -2.18. The molecule has 1 amide bonds. The van der Waals surface area contributed by atoms with Crippen LogP contribution in [-0.2, 0) is 6.54 Å². The summed E-state index contributed by atoms with van der Waals surface area (Å²) in [6, 6.07) is 11.3. The molecule has 0 aliphatic heterocycles. The molecule has 0 saturated heterocycles. The van der Waals surface area contributed by atoms with Gasteiger partial charge in [-0.3, -0.25) is 14.7 Å². The van der Waals surface area contributed by atoms with Crippen LogP contribution >= 0.6 is 22.9 Å². The fourth-order valence-electron chi connectivity index (χ4n) is 2.57. The molecular weight excluding hydrogens is 382 g/mol. The van der Waals surface area contributed by atoms with Crippen LogP contribution in [0, 0.1) is 6.92 Å². The first-order chi connectivity index (χ1) is 13.2. The lowest BCUT2D eigenvalue weighted by atomic mass is 10.3. The number of hydrogen-bond acceptors (Lipinski definition) is 8. The van der Waals surface area contributed by atoms with Gasteiger partial charge in [-0.1, -0.05) is 21.9 Å². The second-order valence-electron chi connectivity index (χ2n) is 5.73. The van der Waals surface area contributed by atoms with Gasteiger partial charge in [0.25, 0.3) is 5.91 Å². The number of rotatable bonds is 5. The summed E-state index contributed by atoms with van der Waals surface area (Å²) in [5.41, 5.74) is 2.20. The lowest BCUT2D eigenvalue weighted by Crippen LogP contribution is -2.30. The summed E-state index contributed by atoms with van der Waals surface area (Å²) in [4.78, 5) is 24.3. The number of pyridine rings is 1. The van der Waals surface area contributed by atoms with Crippen molar-refractivity contribution >= 4 is 44.1 Å². The number of ether oxygens (including phenoxy) is 1. The zero-order chi connectivity index (χ0) is 18.8. The Bertz CT molecular complexity index is 1090. The molecule has 4 rings (SSSR count). The highest BCUT2D eigenvalue weighted by atomic mass is 32.1. The first-order valence-electron chi connectivity index (χ1n) is 8.11. The van der Waals surface area contributed by atoms with Crippen molar-refractivity contribution in [3.63, 3.8) is 0 Å². The second kappa shape index (κ2) is 7.37. The van der Waals surface area contributed by atoms with Gasteiger partial charge in [0.15, 0.2) is 5.13 Å². The summed E-state index contributed by atoms with van der Waals surface area (Å²) in [5.74, 6) is 0.571.